The Morgan fingerprint density at radius 2 is 2.20 bits per heavy atom. The second-order valence-corrected chi connectivity index (χ2v) is 6.85. The molecule has 0 bridgehead atoms. The first-order valence-electron chi connectivity index (χ1n) is 6.68. The molecule has 0 saturated heterocycles. The van der Waals surface area contributed by atoms with Gasteiger partial charge in [0.25, 0.3) is 0 Å². The van der Waals surface area contributed by atoms with E-state index in [1.54, 1.807) is 0 Å². The van der Waals surface area contributed by atoms with Gasteiger partial charge >= 0.3 is 0 Å². The molecule has 1 N–H and O–H groups in total. The van der Waals surface area contributed by atoms with Gasteiger partial charge < -0.3 is 10.0 Å². The summed E-state index contributed by atoms with van der Waals surface area (Å²) >= 11 is 3.26. The number of aromatic nitrogens is 1. The Hall–Kier alpha value is -1.20. The first-order chi connectivity index (χ1) is 9.50. The number of aliphatic hydroxyl groups is 1. The molecule has 1 aliphatic heterocycles. The van der Waals surface area contributed by atoms with Crippen molar-refractivity contribution in [3.05, 3.63) is 34.2 Å². The molecule has 1 aromatic carbocycles. The quantitative estimate of drug-likeness (QED) is 0.803. The highest BCUT2D eigenvalue weighted by Gasteiger charge is 2.51. The van der Waals surface area contributed by atoms with Crippen LogP contribution in [0.4, 0.5) is 10.1 Å². The lowest BCUT2D eigenvalue weighted by Gasteiger charge is -2.43. The Bertz CT molecular complexity index is 727. The normalized spacial score (nSPS) is 28.0. The van der Waals surface area contributed by atoms with Gasteiger partial charge in [0.05, 0.1) is 28.0 Å². The molecule has 2 aromatic rings. The van der Waals surface area contributed by atoms with Gasteiger partial charge in [0.1, 0.15) is 5.82 Å². The van der Waals surface area contributed by atoms with Gasteiger partial charge in [0.2, 0.25) is 0 Å². The van der Waals surface area contributed by atoms with E-state index in [4.69, 9.17) is 0 Å². The molecule has 2 aliphatic rings. The average molecular weight is 337 g/mol. The third-order valence-electron chi connectivity index (χ3n) is 4.62. The van der Waals surface area contributed by atoms with E-state index in [0.717, 1.165) is 30.5 Å². The number of likely N-dealkylation sites (N-methyl/N-ethyl adjacent to an activating group) is 1. The summed E-state index contributed by atoms with van der Waals surface area (Å²) in [4.78, 5) is 6.57. The van der Waals surface area contributed by atoms with E-state index in [2.05, 4.69) is 25.8 Å². The van der Waals surface area contributed by atoms with E-state index in [0.29, 0.717) is 9.99 Å². The van der Waals surface area contributed by atoms with Crippen LogP contribution in [0, 0.1) is 5.82 Å². The Labute approximate surface area is 124 Å². The zero-order chi connectivity index (χ0) is 14.1. The average Bonchev–Trinajstić information content (AvgIpc) is 2.65. The third kappa shape index (κ3) is 1.50. The number of hydrogen-bond donors (Lipinski definition) is 1. The number of fused-ring (bicyclic) bond motifs is 4. The Morgan fingerprint density at radius 1 is 1.45 bits per heavy atom. The van der Waals surface area contributed by atoms with Gasteiger partial charge in [-0.05, 0) is 40.4 Å². The molecule has 2 heterocycles. The maximum atomic E-state index is 13.7. The highest BCUT2D eigenvalue weighted by atomic mass is 79.9. The van der Waals surface area contributed by atoms with Gasteiger partial charge in [-0.2, -0.15) is 0 Å². The van der Waals surface area contributed by atoms with Gasteiger partial charge in [-0.1, -0.05) is 0 Å². The van der Waals surface area contributed by atoms with Crippen LogP contribution < -0.4 is 4.90 Å². The molecule has 1 fully saturated rings. The van der Waals surface area contributed by atoms with E-state index >= 15 is 0 Å². The van der Waals surface area contributed by atoms with E-state index in [-0.39, 0.29) is 17.3 Å². The number of nitrogens with zero attached hydrogens (tertiary/aromatic N) is 2. The number of halogens is 2. The molecule has 0 unspecified atom stereocenters. The summed E-state index contributed by atoms with van der Waals surface area (Å²) in [5.41, 5.74) is 3.00. The van der Waals surface area contributed by atoms with E-state index in [1.165, 1.54) is 11.6 Å². The largest absolute Gasteiger partial charge is 0.393 e. The molecule has 1 aliphatic carbocycles. The summed E-state index contributed by atoms with van der Waals surface area (Å²) < 4.78 is 14.2. The fourth-order valence-corrected chi connectivity index (χ4v) is 4.16. The van der Waals surface area contributed by atoms with Crippen LogP contribution >= 0.6 is 15.9 Å². The molecule has 0 atom stereocenters. The molecule has 4 rings (SSSR count). The van der Waals surface area contributed by atoms with E-state index < -0.39 is 0 Å². The number of aliphatic hydroxyl groups excluding tert-OH is 1. The fourth-order valence-electron chi connectivity index (χ4n) is 3.82. The third-order valence-corrected chi connectivity index (χ3v) is 5.23. The topological polar surface area (TPSA) is 36.4 Å². The van der Waals surface area contributed by atoms with Gasteiger partial charge in [0, 0.05) is 30.5 Å². The minimum atomic E-state index is -0.293. The van der Waals surface area contributed by atoms with Crippen molar-refractivity contribution >= 4 is 32.5 Å². The maximum Gasteiger partial charge on any atom is 0.139 e. The van der Waals surface area contributed by atoms with Crippen molar-refractivity contribution in [3.63, 3.8) is 0 Å². The molecular formula is C15H14BrFN2O. The first-order valence-corrected chi connectivity index (χ1v) is 7.47. The molecule has 0 radical (unpaired) electrons. The summed E-state index contributed by atoms with van der Waals surface area (Å²) in [7, 11) is 2.05. The van der Waals surface area contributed by atoms with Crippen LogP contribution in [0.5, 0.6) is 0 Å². The number of pyridine rings is 1. The van der Waals surface area contributed by atoms with Gasteiger partial charge in [-0.3, -0.25) is 4.98 Å². The van der Waals surface area contributed by atoms with Gasteiger partial charge in [-0.15, -0.1) is 0 Å². The molecule has 104 valence electrons. The Morgan fingerprint density at radius 3 is 2.90 bits per heavy atom. The highest BCUT2D eigenvalue weighted by molar-refractivity contribution is 9.10. The summed E-state index contributed by atoms with van der Waals surface area (Å²) in [6, 6.07) is 3.29. The zero-order valence-corrected chi connectivity index (χ0v) is 12.6. The number of benzene rings is 1. The monoisotopic (exact) mass is 336 g/mol. The molecule has 5 heteroatoms. The number of anilines is 1. The first kappa shape index (κ1) is 12.5. The number of rotatable bonds is 0. The van der Waals surface area contributed by atoms with Crippen molar-refractivity contribution in [2.75, 3.05) is 18.5 Å². The minimum Gasteiger partial charge on any atom is -0.393 e. The summed E-state index contributed by atoms with van der Waals surface area (Å²) in [5, 5.41) is 10.7. The van der Waals surface area contributed by atoms with Crippen LogP contribution in [0.2, 0.25) is 0 Å². The van der Waals surface area contributed by atoms with Crippen molar-refractivity contribution < 1.29 is 9.50 Å². The standard InChI is InChI=1S/C15H14BrFN2O/c1-19-7-15(4-8(20)5-15)14-9-2-10(16)11(17)3-12(9)18-6-13(14)19/h2-3,6,8,20H,4-5,7H2,1H3. The SMILES string of the molecule is CN1CC2(CC(O)C2)c2c1cnc1cc(F)c(Br)cc21. The second kappa shape index (κ2) is 3.92. The fraction of sp³-hybridized carbons (Fsp3) is 0.400. The van der Waals surface area contributed by atoms with Crippen molar-refractivity contribution in [2.24, 2.45) is 0 Å². The van der Waals surface area contributed by atoms with Crippen LogP contribution in [0.3, 0.4) is 0 Å². The van der Waals surface area contributed by atoms with Crippen LogP contribution in [0.15, 0.2) is 22.8 Å². The van der Waals surface area contributed by atoms with E-state index in [9.17, 15) is 9.50 Å². The Kier molecular flexibility index (Phi) is 2.46. The molecule has 3 nitrogen and oxygen atoms in total. The summed E-state index contributed by atoms with van der Waals surface area (Å²) in [6.45, 7) is 0.898. The number of hydrogen-bond acceptors (Lipinski definition) is 3. The minimum absolute atomic E-state index is 0.00194. The van der Waals surface area contributed by atoms with Crippen LogP contribution in [0.1, 0.15) is 18.4 Å². The van der Waals surface area contributed by atoms with Crippen molar-refractivity contribution in [2.45, 2.75) is 24.4 Å². The van der Waals surface area contributed by atoms with Crippen molar-refractivity contribution in [1.29, 1.82) is 0 Å². The molecule has 20 heavy (non-hydrogen) atoms. The van der Waals surface area contributed by atoms with Crippen molar-refractivity contribution in [3.8, 4) is 0 Å². The molecular weight excluding hydrogens is 323 g/mol. The van der Waals surface area contributed by atoms with Crippen molar-refractivity contribution in [1.82, 2.24) is 4.98 Å². The molecule has 1 saturated carbocycles. The van der Waals surface area contributed by atoms with Gasteiger partial charge in [0.15, 0.2) is 0 Å². The Balaban J connectivity index is 2.03. The lowest BCUT2D eigenvalue weighted by atomic mass is 9.63. The zero-order valence-electron chi connectivity index (χ0n) is 11.0. The molecule has 0 amide bonds. The smallest absolute Gasteiger partial charge is 0.139 e. The molecule has 1 spiro atoms. The second-order valence-electron chi connectivity index (χ2n) is 6.00. The maximum absolute atomic E-state index is 13.7. The van der Waals surface area contributed by atoms with Crippen LogP contribution in [-0.4, -0.2) is 29.8 Å². The molecule has 1 aromatic heterocycles. The van der Waals surface area contributed by atoms with Gasteiger partial charge in [-0.25, -0.2) is 4.39 Å². The highest BCUT2D eigenvalue weighted by Crippen LogP contribution is 2.54. The lowest BCUT2D eigenvalue weighted by Crippen LogP contribution is -2.47. The summed E-state index contributed by atoms with van der Waals surface area (Å²) in [5.74, 6) is -0.293. The predicted octanol–water partition coefficient (Wildman–Crippen LogP) is 2.98. The van der Waals surface area contributed by atoms with E-state index in [1.807, 2.05) is 19.3 Å². The van der Waals surface area contributed by atoms with Crippen LogP contribution in [0.25, 0.3) is 10.9 Å². The predicted molar refractivity (Wildman–Crippen MR) is 79.6 cm³/mol. The lowest BCUT2D eigenvalue weighted by molar-refractivity contribution is 0.0267. The summed E-state index contributed by atoms with van der Waals surface area (Å²) in [6.07, 6.45) is 3.16. The van der Waals surface area contributed by atoms with Crippen LogP contribution in [-0.2, 0) is 5.41 Å².